The Balaban J connectivity index is 1.86. The molecule has 5 heteroatoms. The van der Waals surface area contributed by atoms with Gasteiger partial charge < -0.3 is 15.3 Å². The summed E-state index contributed by atoms with van der Waals surface area (Å²) in [6.45, 7) is 2.33. The summed E-state index contributed by atoms with van der Waals surface area (Å²) in [6.07, 6.45) is 3.45. The summed E-state index contributed by atoms with van der Waals surface area (Å²) >= 11 is 0. The van der Waals surface area contributed by atoms with Crippen molar-refractivity contribution in [3.8, 4) is 0 Å². The molecule has 5 nitrogen and oxygen atoms in total. The predicted octanol–water partition coefficient (Wildman–Crippen LogP) is 2.20. The van der Waals surface area contributed by atoms with Crippen LogP contribution in [0.3, 0.4) is 0 Å². The second kappa shape index (κ2) is 7.78. The van der Waals surface area contributed by atoms with E-state index in [0.29, 0.717) is 12.2 Å². The van der Waals surface area contributed by atoms with Crippen LogP contribution < -0.4 is 5.32 Å². The number of carboxylic acid groups (broad SMARTS) is 1. The molecule has 1 atom stereocenters. The number of para-hydroxylation sites is 1. The van der Waals surface area contributed by atoms with Crippen molar-refractivity contribution in [1.82, 2.24) is 4.90 Å². The summed E-state index contributed by atoms with van der Waals surface area (Å²) in [7, 11) is 0. The molecule has 0 bridgehead atoms. The van der Waals surface area contributed by atoms with Gasteiger partial charge in [-0.2, -0.15) is 0 Å². The quantitative estimate of drug-likeness (QED) is 0.842. The lowest BCUT2D eigenvalue weighted by atomic mass is 10.0. The van der Waals surface area contributed by atoms with E-state index in [2.05, 4.69) is 10.2 Å². The Kier molecular flexibility index (Phi) is 5.75. The van der Waals surface area contributed by atoms with Crippen LogP contribution in [0.5, 0.6) is 0 Å². The van der Waals surface area contributed by atoms with Crippen LogP contribution in [-0.2, 0) is 9.59 Å². The molecule has 2 N–H and O–H groups in total. The maximum atomic E-state index is 12.0. The van der Waals surface area contributed by atoms with Gasteiger partial charge in [0.05, 0.1) is 5.92 Å². The van der Waals surface area contributed by atoms with Gasteiger partial charge in [0.25, 0.3) is 0 Å². The highest BCUT2D eigenvalue weighted by atomic mass is 16.4. The Morgan fingerprint density at radius 2 is 1.81 bits per heavy atom. The molecule has 21 heavy (non-hydrogen) atoms. The van der Waals surface area contributed by atoms with E-state index >= 15 is 0 Å². The van der Waals surface area contributed by atoms with E-state index in [-0.39, 0.29) is 12.3 Å². The van der Waals surface area contributed by atoms with Gasteiger partial charge in [0.15, 0.2) is 0 Å². The molecule has 1 heterocycles. The summed E-state index contributed by atoms with van der Waals surface area (Å²) in [4.78, 5) is 25.5. The van der Waals surface area contributed by atoms with Crippen molar-refractivity contribution in [2.24, 2.45) is 5.92 Å². The number of aliphatic carboxylic acids is 1. The van der Waals surface area contributed by atoms with Gasteiger partial charge in [-0.25, -0.2) is 0 Å². The standard InChI is InChI=1S/C16H22N2O3/c19-15(17-14-7-3-1-4-8-14)11-13(16(20)21)12-18-9-5-2-6-10-18/h1,3-4,7-8,13H,2,5-6,9-12H2,(H,17,19)(H,20,21). The lowest BCUT2D eigenvalue weighted by molar-refractivity contribution is -0.144. The largest absolute Gasteiger partial charge is 0.481 e. The van der Waals surface area contributed by atoms with Crippen molar-refractivity contribution in [1.29, 1.82) is 0 Å². The topological polar surface area (TPSA) is 69.6 Å². The molecule has 114 valence electrons. The Hall–Kier alpha value is -1.88. The fourth-order valence-electron chi connectivity index (χ4n) is 2.64. The fourth-order valence-corrected chi connectivity index (χ4v) is 2.64. The van der Waals surface area contributed by atoms with Gasteiger partial charge in [0.1, 0.15) is 0 Å². The molecule has 0 saturated carbocycles. The molecule has 0 aromatic heterocycles. The van der Waals surface area contributed by atoms with E-state index in [4.69, 9.17) is 0 Å². The number of anilines is 1. The SMILES string of the molecule is O=C(CC(CN1CCCCC1)C(=O)O)Nc1ccccc1. The van der Waals surface area contributed by atoms with Gasteiger partial charge in [-0.1, -0.05) is 24.6 Å². The number of likely N-dealkylation sites (tertiary alicyclic amines) is 1. The number of rotatable bonds is 6. The van der Waals surface area contributed by atoms with E-state index in [1.807, 2.05) is 18.2 Å². The van der Waals surface area contributed by atoms with Crippen LogP contribution in [0.25, 0.3) is 0 Å². The van der Waals surface area contributed by atoms with Gasteiger partial charge in [0.2, 0.25) is 5.91 Å². The van der Waals surface area contributed by atoms with Gasteiger partial charge in [-0.3, -0.25) is 9.59 Å². The molecule has 1 amide bonds. The number of carboxylic acids is 1. The molecule has 0 radical (unpaired) electrons. The zero-order valence-electron chi connectivity index (χ0n) is 12.1. The molecule has 0 aliphatic carbocycles. The zero-order valence-corrected chi connectivity index (χ0v) is 12.1. The summed E-state index contributed by atoms with van der Waals surface area (Å²) < 4.78 is 0. The minimum atomic E-state index is -0.899. The van der Waals surface area contributed by atoms with Crippen LogP contribution in [0, 0.1) is 5.92 Å². The molecule has 1 aliphatic heterocycles. The highest BCUT2D eigenvalue weighted by molar-refractivity contribution is 5.93. The first-order valence-electron chi connectivity index (χ1n) is 7.45. The maximum absolute atomic E-state index is 12.0. The van der Waals surface area contributed by atoms with Crippen LogP contribution >= 0.6 is 0 Å². The number of carbonyl (C=O) groups excluding carboxylic acids is 1. The second-order valence-corrected chi connectivity index (χ2v) is 5.51. The van der Waals surface area contributed by atoms with Crippen LogP contribution in [0.2, 0.25) is 0 Å². The summed E-state index contributed by atoms with van der Waals surface area (Å²) in [5.41, 5.74) is 0.699. The van der Waals surface area contributed by atoms with Crippen molar-refractivity contribution in [2.45, 2.75) is 25.7 Å². The molecule has 1 fully saturated rings. The Labute approximate surface area is 125 Å². The molecule has 2 rings (SSSR count). The zero-order chi connectivity index (χ0) is 15.1. The normalized spacial score (nSPS) is 17.1. The minimum Gasteiger partial charge on any atom is -0.481 e. The third-order valence-electron chi connectivity index (χ3n) is 3.77. The minimum absolute atomic E-state index is 0.0146. The lowest BCUT2D eigenvalue weighted by Crippen LogP contribution is -2.38. The molecule has 1 aliphatic rings. The number of carbonyl (C=O) groups is 2. The van der Waals surface area contributed by atoms with Gasteiger partial charge in [0, 0.05) is 18.7 Å². The molecular weight excluding hydrogens is 268 g/mol. The highest BCUT2D eigenvalue weighted by Crippen LogP contribution is 2.14. The summed E-state index contributed by atoms with van der Waals surface area (Å²) in [6, 6.07) is 9.11. The van der Waals surface area contributed by atoms with Crippen LogP contribution in [-0.4, -0.2) is 41.5 Å². The van der Waals surface area contributed by atoms with Crippen LogP contribution in [0.1, 0.15) is 25.7 Å². The smallest absolute Gasteiger partial charge is 0.308 e. The monoisotopic (exact) mass is 290 g/mol. The van der Waals surface area contributed by atoms with E-state index in [9.17, 15) is 14.7 Å². The number of hydrogen-bond donors (Lipinski definition) is 2. The second-order valence-electron chi connectivity index (χ2n) is 5.51. The molecule has 1 aromatic rings. The number of benzene rings is 1. The fraction of sp³-hybridized carbons (Fsp3) is 0.500. The number of nitrogens with zero attached hydrogens (tertiary/aromatic N) is 1. The maximum Gasteiger partial charge on any atom is 0.308 e. The van der Waals surface area contributed by atoms with Crippen LogP contribution in [0.15, 0.2) is 30.3 Å². The first kappa shape index (κ1) is 15.5. The highest BCUT2D eigenvalue weighted by Gasteiger charge is 2.24. The van der Waals surface area contributed by atoms with E-state index in [0.717, 1.165) is 25.9 Å². The van der Waals surface area contributed by atoms with Crippen LogP contribution in [0.4, 0.5) is 5.69 Å². The number of nitrogens with one attached hydrogen (secondary N) is 1. The van der Waals surface area contributed by atoms with Gasteiger partial charge in [-0.15, -0.1) is 0 Å². The average molecular weight is 290 g/mol. The molecule has 1 aromatic carbocycles. The average Bonchev–Trinajstić information content (AvgIpc) is 2.48. The van der Waals surface area contributed by atoms with Crippen molar-refractivity contribution in [3.05, 3.63) is 30.3 Å². The Morgan fingerprint density at radius 1 is 1.14 bits per heavy atom. The van der Waals surface area contributed by atoms with E-state index in [1.54, 1.807) is 12.1 Å². The third kappa shape index (κ3) is 5.19. The van der Waals surface area contributed by atoms with E-state index in [1.165, 1.54) is 6.42 Å². The number of piperidine rings is 1. The third-order valence-corrected chi connectivity index (χ3v) is 3.77. The first-order valence-corrected chi connectivity index (χ1v) is 7.45. The number of hydrogen-bond acceptors (Lipinski definition) is 3. The summed E-state index contributed by atoms with van der Waals surface area (Å²) in [5.74, 6) is -1.79. The van der Waals surface area contributed by atoms with Crippen molar-refractivity contribution in [3.63, 3.8) is 0 Å². The Morgan fingerprint density at radius 3 is 2.43 bits per heavy atom. The first-order chi connectivity index (χ1) is 10.1. The molecule has 1 unspecified atom stereocenters. The molecule has 1 saturated heterocycles. The lowest BCUT2D eigenvalue weighted by Gasteiger charge is -2.28. The van der Waals surface area contributed by atoms with Crippen molar-refractivity contribution < 1.29 is 14.7 Å². The van der Waals surface area contributed by atoms with Crippen molar-refractivity contribution >= 4 is 17.6 Å². The summed E-state index contributed by atoms with van der Waals surface area (Å²) in [5, 5.41) is 12.1. The Bertz CT molecular complexity index is 470. The van der Waals surface area contributed by atoms with E-state index < -0.39 is 11.9 Å². The van der Waals surface area contributed by atoms with Gasteiger partial charge >= 0.3 is 5.97 Å². The predicted molar refractivity (Wildman–Crippen MR) is 81.1 cm³/mol. The molecular formula is C16H22N2O3. The van der Waals surface area contributed by atoms with Gasteiger partial charge in [-0.05, 0) is 38.1 Å². The number of amides is 1. The van der Waals surface area contributed by atoms with Crippen molar-refractivity contribution in [2.75, 3.05) is 25.0 Å². The molecule has 0 spiro atoms.